The maximum Gasteiger partial charge on any atom is 0.309 e. The molecule has 108 valence electrons. The van der Waals surface area contributed by atoms with Crippen molar-refractivity contribution < 1.29 is 23.1 Å². The Balaban J connectivity index is 3.23. The van der Waals surface area contributed by atoms with Gasteiger partial charge < -0.3 is 5.11 Å². The second kappa shape index (κ2) is 5.07. The lowest BCUT2D eigenvalue weighted by atomic mass is 9.89. The number of ketones is 1. The molecule has 0 heterocycles. The summed E-state index contributed by atoms with van der Waals surface area (Å²) in [6.07, 6.45) is -0.0372. The van der Waals surface area contributed by atoms with E-state index in [2.05, 4.69) is 0 Å². The fraction of sp³-hybridized carbons (Fsp3) is 0.692. The molecule has 1 N–H and O–H groups in total. The molecule has 2 atom stereocenters. The Hall–Kier alpha value is -1.17. The van der Waals surface area contributed by atoms with Crippen LogP contribution in [0.4, 0.5) is 0 Å². The highest BCUT2D eigenvalue weighted by atomic mass is 32.2. The minimum Gasteiger partial charge on any atom is -0.481 e. The van der Waals surface area contributed by atoms with Gasteiger partial charge in [-0.3, -0.25) is 9.59 Å². The van der Waals surface area contributed by atoms with Crippen LogP contribution in [-0.4, -0.2) is 30.5 Å². The third-order valence-corrected chi connectivity index (χ3v) is 6.24. The average Bonchev–Trinajstić information content (AvgIpc) is 2.56. The Labute approximate surface area is 113 Å². The monoisotopic (exact) mass is 288 g/mol. The van der Waals surface area contributed by atoms with E-state index in [9.17, 15) is 18.0 Å². The van der Waals surface area contributed by atoms with Crippen molar-refractivity contribution in [3.8, 4) is 0 Å². The zero-order chi connectivity index (χ0) is 15.0. The Kier molecular flexibility index (Phi) is 4.24. The molecule has 0 bridgehead atoms. The van der Waals surface area contributed by atoms with Crippen LogP contribution in [0, 0.1) is 5.41 Å². The predicted molar refractivity (Wildman–Crippen MR) is 71.4 cm³/mol. The summed E-state index contributed by atoms with van der Waals surface area (Å²) in [6, 6.07) is 0. The van der Waals surface area contributed by atoms with E-state index in [0.717, 1.165) is 0 Å². The molecule has 1 saturated carbocycles. The van der Waals surface area contributed by atoms with Gasteiger partial charge in [0.25, 0.3) is 0 Å². The standard InChI is InChI=1S/C13H20O5S/c1-5-10(8(2)3)19(17,18)11-7-13(4,12(15)16)6-9(11)14/h11H,5-7H2,1-4H3,(H,15,16). The van der Waals surface area contributed by atoms with Crippen molar-refractivity contribution in [1.29, 1.82) is 0 Å². The summed E-state index contributed by atoms with van der Waals surface area (Å²) in [5.41, 5.74) is -0.616. The Morgan fingerprint density at radius 1 is 1.42 bits per heavy atom. The number of carbonyl (C=O) groups is 2. The molecule has 1 aliphatic carbocycles. The van der Waals surface area contributed by atoms with Gasteiger partial charge in [-0.2, -0.15) is 0 Å². The molecule has 0 radical (unpaired) electrons. The molecule has 5 nitrogen and oxygen atoms in total. The van der Waals surface area contributed by atoms with E-state index in [4.69, 9.17) is 5.11 Å². The first kappa shape index (κ1) is 15.9. The Morgan fingerprint density at radius 2 is 1.95 bits per heavy atom. The smallest absolute Gasteiger partial charge is 0.309 e. The molecule has 0 aromatic carbocycles. The van der Waals surface area contributed by atoms with Gasteiger partial charge in [0.05, 0.1) is 5.41 Å². The van der Waals surface area contributed by atoms with Crippen LogP contribution >= 0.6 is 0 Å². The summed E-state index contributed by atoms with van der Waals surface area (Å²) in [6.45, 7) is 6.52. The maximum atomic E-state index is 12.5. The highest BCUT2D eigenvalue weighted by Crippen LogP contribution is 2.41. The van der Waals surface area contributed by atoms with Gasteiger partial charge in [-0.1, -0.05) is 12.5 Å². The van der Waals surface area contributed by atoms with Gasteiger partial charge >= 0.3 is 5.97 Å². The summed E-state index contributed by atoms with van der Waals surface area (Å²) < 4.78 is 24.9. The maximum absolute atomic E-state index is 12.5. The second-order valence-electron chi connectivity index (χ2n) is 5.52. The highest BCUT2D eigenvalue weighted by Gasteiger charge is 2.52. The Morgan fingerprint density at radius 3 is 2.26 bits per heavy atom. The first-order valence-electron chi connectivity index (χ1n) is 6.22. The molecular formula is C13H20O5S. The number of carboxylic acid groups (broad SMARTS) is 1. The lowest BCUT2D eigenvalue weighted by Gasteiger charge is -2.18. The van der Waals surface area contributed by atoms with Gasteiger partial charge in [0.1, 0.15) is 5.25 Å². The van der Waals surface area contributed by atoms with E-state index >= 15 is 0 Å². The summed E-state index contributed by atoms with van der Waals surface area (Å²) in [5, 5.41) is 7.91. The summed E-state index contributed by atoms with van der Waals surface area (Å²) in [5.74, 6) is -1.61. The van der Waals surface area contributed by atoms with Crippen molar-refractivity contribution in [2.24, 2.45) is 5.41 Å². The van der Waals surface area contributed by atoms with Gasteiger partial charge in [-0.25, -0.2) is 8.42 Å². The lowest BCUT2D eigenvalue weighted by molar-refractivity contribution is -0.148. The molecule has 0 saturated heterocycles. The third kappa shape index (κ3) is 2.73. The van der Waals surface area contributed by atoms with Crippen molar-refractivity contribution in [3.63, 3.8) is 0 Å². The van der Waals surface area contributed by atoms with E-state index in [-0.39, 0.29) is 17.7 Å². The van der Waals surface area contributed by atoms with Crippen LogP contribution in [0.2, 0.25) is 0 Å². The topological polar surface area (TPSA) is 88.5 Å². The third-order valence-electron chi connectivity index (χ3n) is 3.67. The van der Waals surface area contributed by atoms with E-state index < -0.39 is 32.3 Å². The fourth-order valence-electron chi connectivity index (χ4n) is 2.55. The molecule has 1 rings (SSSR count). The van der Waals surface area contributed by atoms with Crippen LogP contribution < -0.4 is 0 Å². The lowest BCUT2D eigenvalue weighted by Crippen LogP contribution is -2.29. The van der Waals surface area contributed by atoms with E-state index in [0.29, 0.717) is 12.0 Å². The van der Waals surface area contributed by atoms with Crippen LogP contribution in [-0.2, 0) is 19.4 Å². The number of allylic oxidation sites excluding steroid dienone is 2. The molecule has 1 fully saturated rings. The number of carboxylic acids is 1. The van der Waals surface area contributed by atoms with Crippen molar-refractivity contribution >= 4 is 21.6 Å². The number of carbonyl (C=O) groups excluding carboxylic acids is 1. The number of hydrogen-bond donors (Lipinski definition) is 1. The Bertz CT molecular complexity index is 539. The van der Waals surface area contributed by atoms with Gasteiger partial charge in [0, 0.05) is 11.3 Å². The molecular weight excluding hydrogens is 268 g/mol. The van der Waals surface area contributed by atoms with Crippen LogP contribution in [0.15, 0.2) is 10.5 Å². The fourth-order valence-corrected chi connectivity index (χ4v) is 4.88. The highest BCUT2D eigenvalue weighted by molar-refractivity contribution is 7.96. The van der Waals surface area contributed by atoms with Crippen molar-refractivity contribution in [3.05, 3.63) is 10.5 Å². The summed E-state index contributed by atoms with van der Waals surface area (Å²) >= 11 is 0. The van der Waals surface area contributed by atoms with Gasteiger partial charge in [-0.05, 0) is 33.6 Å². The number of aliphatic carboxylic acids is 1. The minimum absolute atomic E-state index is 0.139. The summed E-state index contributed by atoms with van der Waals surface area (Å²) in [4.78, 5) is 23.3. The minimum atomic E-state index is -3.74. The van der Waals surface area contributed by atoms with Crippen LogP contribution in [0.3, 0.4) is 0 Å². The van der Waals surface area contributed by atoms with Crippen molar-refractivity contribution in [2.75, 3.05) is 0 Å². The quantitative estimate of drug-likeness (QED) is 0.853. The number of Topliss-reactive ketones (excluding diaryl/α,β-unsaturated/α-hetero) is 1. The molecule has 0 spiro atoms. The van der Waals surface area contributed by atoms with Gasteiger partial charge in [0.2, 0.25) is 0 Å². The largest absolute Gasteiger partial charge is 0.481 e. The molecule has 0 aromatic heterocycles. The molecule has 19 heavy (non-hydrogen) atoms. The zero-order valence-electron chi connectivity index (χ0n) is 11.7. The molecule has 1 aliphatic rings. The number of sulfone groups is 1. The van der Waals surface area contributed by atoms with Crippen LogP contribution in [0.1, 0.15) is 47.0 Å². The van der Waals surface area contributed by atoms with E-state index in [1.165, 1.54) is 6.92 Å². The molecule has 0 aromatic rings. The van der Waals surface area contributed by atoms with Gasteiger partial charge in [-0.15, -0.1) is 0 Å². The number of rotatable bonds is 4. The predicted octanol–water partition coefficient (Wildman–Crippen LogP) is 1.93. The van der Waals surface area contributed by atoms with Gasteiger partial charge in [0.15, 0.2) is 15.6 Å². The van der Waals surface area contributed by atoms with E-state index in [1.807, 2.05) is 0 Å². The van der Waals surface area contributed by atoms with Crippen molar-refractivity contribution in [1.82, 2.24) is 0 Å². The molecule has 0 amide bonds. The first-order chi connectivity index (χ1) is 8.56. The normalized spacial score (nSPS) is 27.4. The molecule has 2 unspecified atom stereocenters. The van der Waals surface area contributed by atoms with Crippen molar-refractivity contribution in [2.45, 2.75) is 52.2 Å². The molecule has 0 aliphatic heterocycles. The number of hydrogen-bond acceptors (Lipinski definition) is 4. The van der Waals surface area contributed by atoms with E-state index in [1.54, 1.807) is 20.8 Å². The van der Waals surface area contributed by atoms with Crippen LogP contribution in [0.5, 0.6) is 0 Å². The zero-order valence-corrected chi connectivity index (χ0v) is 12.5. The van der Waals surface area contributed by atoms with Crippen LogP contribution in [0.25, 0.3) is 0 Å². The first-order valence-corrected chi connectivity index (χ1v) is 7.77. The SMILES string of the molecule is CCC(=C(C)C)S(=O)(=O)C1CC(C)(C(=O)O)CC1=O. The molecule has 6 heteroatoms. The summed E-state index contributed by atoms with van der Waals surface area (Å²) in [7, 11) is -3.74. The second-order valence-corrected chi connectivity index (χ2v) is 7.68. The average molecular weight is 288 g/mol.